The average molecular weight is 187 g/mol. The van der Waals surface area contributed by atoms with E-state index in [0.29, 0.717) is 6.54 Å². The number of hydrogen-bond donors (Lipinski definition) is 2. The summed E-state index contributed by atoms with van der Waals surface area (Å²) in [6.45, 7) is 0.492. The SMILES string of the molecule is CN(C)NC(=O)C1CCC(CN)O1. The van der Waals surface area contributed by atoms with Crippen LogP contribution in [-0.4, -0.2) is 43.8 Å². The standard InChI is InChI=1S/C8H17N3O2/c1-11(2)10-8(12)7-4-3-6(5-9)13-7/h6-7H,3-5,9H2,1-2H3,(H,10,12). The first kappa shape index (κ1) is 10.4. The normalized spacial score (nSPS) is 28.0. The molecule has 0 aromatic heterocycles. The van der Waals surface area contributed by atoms with E-state index in [9.17, 15) is 4.79 Å². The van der Waals surface area contributed by atoms with Gasteiger partial charge in [-0.2, -0.15) is 0 Å². The molecule has 76 valence electrons. The molecule has 1 saturated heterocycles. The molecule has 0 spiro atoms. The highest BCUT2D eigenvalue weighted by atomic mass is 16.5. The van der Waals surface area contributed by atoms with Gasteiger partial charge in [0.1, 0.15) is 6.10 Å². The Morgan fingerprint density at radius 3 is 2.77 bits per heavy atom. The Labute approximate surface area is 78.2 Å². The van der Waals surface area contributed by atoms with Crippen LogP contribution >= 0.6 is 0 Å². The minimum Gasteiger partial charge on any atom is -0.364 e. The quantitative estimate of drug-likeness (QED) is 0.561. The number of hydrazine groups is 1. The predicted molar refractivity (Wildman–Crippen MR) is 48.8 cm³/mol. The zero-order chi connectivity index (χ0) is 9.84. The Morgan fingerprint density at radius 2 is 2.31 bits per heavy atom. The smallest absolute Gasteiger partial charge is 0.263 e. The van der Waals surface area contributed by atoms with E-state index < -0.39 is 0 Å². The molecule has 3 N–H and O–H groups in total. The van der Waals surface area contributed by atoms with Crippen LogP contribution in [0, 0.1) is 0 Å². The maximum Gasteiger partial charge on any atom is 0.263 e. The van der Waals surface area contributed by atoms with Crippen molar-refractivity contribution in [3.8, 4) is 0 Å². The molecule has 1 fully saturated rings. The topological polar surface area (TPSA) is 67.6 Å². The van der Waals surface area contributed by atoms with Gasteiger partial charge in [0, 0.05) is 20.6 Å². The van der Waals surface area contributed by atoms with Crippen LogP contribution in [0.3, 0.4) is 0 Å². The van der Waals surface area contributed by atoms with E-state index in [1.165, 1.54) is 0 Å². The van der Waals surface area contributed by atoms with Crippen molar-refractivity contribution in [2.45, 2.75) is 25.0 Å². The third-order valence-corrected chi connectivity index (χ3v) is 2.00. The maximum absolute atomic E-state index is 11.4. The van der Waals surface area contributed by atoms with Gasteiger partial charge in [0.2, 0.25) is 0 Å². The number of nitrogens with two attached hydrogens (primary N) is 1. The molecule has 5 nitrogen and oxygen atoms in total. The lowest BCUT2D eigenvalue weighted by molar-refractivity contribution is -0.135. The fourth-order valence-electron chi connectivity index (χ4n) is 1.36. The summed E-state index contributed by atoms with van der Waals surface area (Å²) in [4.78, 5) is 11.4. The van der Waals surface area contributed by atoms with Gasteiger partial charge in [-0.05, 0) is 12.8 Å². The maximum atomic E-state index is 11.4. The van der Waals surface area contributed by atoms with Gasteiger partial charge in [0.25, 0.3) is 5.91 Å². The molecule has 0 radical (unpaired) electrons. The van der Waals surface area contributed by atoms with Crippen molar-refractivity contribution in [3.05, 3.63) is 0 Å². The van der Waals surface area contributed by atoms with Gasteiger partial charge in [0.05, 0.1) is 6.10 Å². The molecule has 0 bridgehead atoms. The second-order valence-electron chi connectivity index (χ2n) is 3.43. The molecule has 0 saturated carbocycles. The van der Waals surface area contributed by atoms with E-state index in [1.54, 1.807) is 19.1 Å². The lowest BCUT2D eigenvalue weighted by Crippen LogP contribution is -2.42. The number of carbonyl (C=O) groups is 1. The van der Waals surface area contributed by atoms with E-state index >= 15 is 0 Å². The van der Waals surface area contributed by atoms with Gasteiger partial charge in [-0.1, -0.05) is 0 Å². The van der Waals surface area contributed by atoms with E-state index in [2.05, 4.69) is 5.43 Å². The van der Waals surface area contributed by atoms with E-state index in [0.717, 1.165) is 12.8 Å². The molecule has 0 aromatic rings. The molecule has 1 amide bonds. The van der Waals surface area contributed by atoms with Gasteiger partial charge in [-0.3, -0.25) is 10.2 Å². The number of amides is 1. The number of nitrogens with one attached hydrogen (secondary N) is 1. The fraction of sp³-hybridized carbons (Fsp3) is 0.875. The molecule has 1 heterocycles. The molecule has 13 heavy (non-hydrogen) atoms. The Bertz CT molecular complexity index is 184. The van der Waals surface area contributed by atoms with Gasteiger partial charge in [-0.25, -0.2) is 5.01 Å². The molecule has 2 unspecified atom stereocenters. The molecule has 1 aliphatic rings. The van der Waals surface area contributed by atoms with Crippen molar-refractivity contribution in [2.24, 2.45) is 5.73 Å². The second kappa shape index (κ2) is 4.55. The third-order valence-electron chi connectivity index (χ3n) is 2.00. The molecular formula is C8H17N3O2. The van der Waals surface area contributed by atoms with Crippen molar-refractivity contribution < 1.29 is 9.53 Å². The number of hydrogen-bond acceptors (Lipinski definition) is 4. The molecule has 1 rings (SSSR count). The van der Waals surface area contributed by atoms with Gasteiger partial charge >= 0.3 is 0 Å². The van der Waals surface area contributed by atoms with Crippen molar-refractivity contribution >= 4 is 5.91 Å². The first-order valence-corrected chi connectivity index (χ1v) is 4.47. The number of ether oxygens (including phenoxy) is 1. The molecular weight excluding hydrogens is 170 g/mol. The summed E-state index contributed by atoms with van der Waals surface area (Å²) in [5, 5.41) is 1.61. The molecule has 0 aliphatic carbocycles. The largest absolute Gasteiger partial charge is 0.364 e. The van der Waals surface area contributed by atoms with Gasteiger partial charge in [-0.15, -0.1) is 0 Å². The monoisotopic (exact) mass is 187 g/mol. The highest BCUT2D eigenvalue weighted by molar-refractivity contribution is 5.80. The minimum absolute atomic E-state index is 0.0536. The van der Waals surface area contributed by atoms with Crippen LogP contribution in [0.2, 0.25) is 0 Å². The van der Waals surface area contributed by atoms with Crippen LogP contribution in [0.5, 0.6) is 0 Å². The summed E-state index contributed by atoms with van der Waals surface area (Å²) in [7, 11) is 3.54. The Morgan fingerprint density at radius 1 is 1.62 bits per heavy atom. The van der Waals surface area contributed by atoms with Gasteiger partial charge in [0.15, 0.2) is 0 Å². The van der Waals surface area contributed by atoms with Crippen LogP contribution in [0.15, 0.2) is 0 Å². The van der Waals surface area contributed by atoms with E-state index in [-0.39, 0.29) is 18.1 Å². The summed E-state index contributed by atoms with van der Waals surface area (Å²) in [5.74, 6) is -0.0825. The highest BCUT2D eigenvalue weighted by Crippen LogP contribution is 2.18. The average Bonchev–Trinajstić information content (AvgIpc) is 2.50. The predicted octanol–water partition coefficient (Wildman–Crippen LogP) is -0.914. The Hall–Kier alpha value is -0.650. The fourth-order valence-corrected chi connectivity index (χ4v) is 1.36. The van der Waals surface area contributed by atoms with Crippen LogP contribution in [-0.2, 0) is 9.53 Å². The summed E-state index contributed by atoms with van der Waals surface area (Å²) < 4.78 is 5.41. The van der Waals surface area contributed by atoms with E-state index in [1.807, 2.05) is 0 Å². The molecule has 1 aliphatic heterocycles. The van der Waals surface area contributed by atoms with Crippen LogP contribution in [0.25, 0.3) is 0 Å². The van der Waals surface area contributed by atoms with Crippen molar-refractivity contribution in [1.29, 1.82) is 0 Å². The zero-order valence-electron chi connectivity index (χ0n) is 8.12. The lowest BCUT2D eigenvalue weighted by atomic mass is 10.2. The third kappa shape index (κ3) is 2.95. The second-order valence-corrected chi connectivity index (χ2v) is 3.43. The number of carbonyl (C=O) groups excluding carboxylic acids is 1. The number of rotatable bonds is 3. The molecule has 5 heteroatoms. The van der Waals surface area contributed by atoms with Crippen molar-refractivity contribution in [2.75, 3.05) is 20.6 Å². The summed E-state index contributed by atoms with van der Waals surface area (Å²) in [5.41, 5.74) is 8.09. The highest BCUT2D eigenvalue weighted by Gasteiger charge is 2.29. The van der Waals surface area contributed by atoms with Crippen LogP contribution < -0.4 is 11.2 Å². The van der Waals surface area contributed by atoms with E-state index in [4.69, 9.17) is 10.5 Å². The van der Waals surface area contributed by atoms with Crippen molar-refractivity contribution in [3.63, 3.8) is 0 Å². The first-order chi connectivity index (χ1) is 6.13. The molecule has 0 aromatic carbocycles. The zero-order valence-corrected chi connectivity index (χ0v) is 8.12. The number of nitrogens with zero attached hydrogens (tertiary/aromatic N) is 1. The Balaban J connectivity index is 2.33. The summed E-state index contributed by atoms with van der Waals surface area (Å²) in [6.07, 6.45) is 1.37. The van der Waals surface area contributed by atoms with Crippen molar-refractivity contribution in [1.82, 2.24) is 10.4 Å². The minimum atomic E-state index is -0.323. The lowest BCUT2D eigenvalue weighted by Gasteiger charge is -2.16. The van der Waals surface area contributed by atoms with Gasteiger partial charge < -0.3 is 10.5 Å². The summed E-state index contributed by atoms with van der Waals surface area (Å²) >= 11 is 0. The first-order valence-electron chi connectivity index (χ1n) is 4.47. The van der Waals surface area contributed by atoms with Crippen LogP contribution in [0.4, 0.5) is 0 Å². The Kier molecular flexibility index (Phi) is 3.65. The molecule has 2 atom stereocenters. The summed E-state index contributed by atoms with van der Waals surface area (Å²) in [6, 6.07) is 0. The van der Waals surface area contributed by atoms with Crippen LogP contribution in [0.1, 0.15) is 12.8 Å².